The summed E-state index contributed by atoms with van der Waals surface area (Å²) in [5.41, 5.74) is 1.61. The lowest BCUT2D eigenvalue weighted by molar-refractivity contribution is -0.114. The van der Waals surface area contributed by atoms with Crippen molar-refractivity contribution in [2.45, 2.75) is 13.8 Å². The molecule has 88 valence electrons. The lowest BCUT2D eigenvalue weighted by Crippen LogP contribution is -2.05. The molecule has 0 fully saturated rings. The maximum atomic E-state index is 10.9. The van der Waals surface area contributed by atoms with Gasteiger partial charge in [0.15, 0.2) is 0 Å². The Kier molecular flexibility index (Phi) is 2.59. The lowest BCUT2D eigenvalue weighted by Gasteiger charge is -2.00. The number of hydrogen-bond donors (Lipinski definition) is 2. The summed E-state index contributed by atoms with van der Waals surface area (Å²) in [5.74, 6) is -1.36. The van der Waals surface area contributed by atoms with Gasteiger partial charge in [0.25, 0.3) is 0 Å². The summed E-state index contributed by atoms with van der Waals surface area (Å²) in [7, 11) is 0. The Bertz CT molecular complexity index is 612. The highest BCUT2D eigenvalue weighted by Crippen LogP contribution is 2.27. The molecule has 5 nitrogen and oxygen atoms in total. The maximum absolute atomic E-state index is 10.9. The van der Waals surface area contributed by atoms with Gasteiger partial charge in [-0.1, -0.05) is 0 Å². The van der Waals surface area contributed by atoms with Crippen molar-refractivity contribution in [1.29, 1.82) is 0 Å². The molecule has 0 aliphatic carbocycles. The second-order valence-electron chi connectivity index (χ2n) is 3.75. The van der Waals surface area contributed by atoms with E-state index in [9.17, 15) is 9.59 Å². The first-order valence-corrected chi connectivity index (χ1v) is 5.03. The standard InChI is InChI=1S/C12H11NO4/c1-6-9-4-3-8(13-7(2)14)5-10(9)17-11(6)12(15)16/h3-5H,1-2H3,(H,13,14)(H,15,16). The quantitative estimate of drug-likeness (QED) is 0.834. The van der Waals surface area contributed by atoms with Gasteiger partial charge in [0, 0.05) is 29.6 Å². The van der Waals surface area contributed by atoms with E-state index in [1.54, 1.807) is 25.1 Å². The number of nitrogens with one attached hydrogen (secondary N) is 1. The van der Waals surface area contributed by atoms with Gasteiger partial charge in [-0.3, -0.25) is 4.79 Å². The number of carboxylic acids is 1. The van der Waals surface area contributed by atoms with E-state index in [2.05, 4.69) is 5.32 Å². The molecule has 0 saturated heterocycles. The van der Waals surface area contributed by atoms with Crippen molar-refractivity contribution >= 4 is 28.5 Å². The molecule has 0 radical (unpaired) electrons. The van der Waals surface area contributed by atoms with Crippen molar-refractivity contribution in [3.8, 4) is 0 Å². The van der Waals surface area contributed by atoms with Crippen molar-refractivity contribution in [2.24, 2.45) is 0 Å². The molecule has 1 amide bonds. The first-order valence-electron chi connectivity index (χ1n) is 5.03. The predicted molar refractivity (Wildman–Crippen MR) is 62.2 cm³/mol. The fourth-order valence-electron chi connectivity index (χ4n) is 1.71. The Morgan fingerprint density at radius 1 is 1.35 bits per heavy atom. The minimum Gasteiger partial charge on any atom is -0.475 e. The zero-order chi connectivity index (χ0) is 12.6. The van der Waals surface area contributed by atoms with Crippen LogP contribution >= 0.6 is 0 Å². The van der Waals surface area contributed by atoms with Crippen LogP contribution in [0.25, 0.3) is 11.0 Å². The van der Waals surface area contributed by atoms with Crippen LogP contribution in [0.5, 0.6) is 0 Å². The highest BCUT2D eigenvalue weighted by Gasteiger charge is 2.16. The van der Waals surface area contributed by atoms with E-state index in [0.29, 0.717) is 16.8 Å². The molecule has 17 heavy (non-hydrogen) atoms. The van der Waals surface area contributed by atoms with Crippen molar-refractivity contribution in [3.05, 3.63) is 29.5 Å². The second-order valence-corrected chi connectivity index (χ2v) is 3.75. The van der Waals surface area contributed by atoms with Crippen LogP contribution in [-0.4, -0.2) is 17.0 Å². The molecule has 5 heteroatoms. The Labute approximate surface area is 97.0 Å². The molecule has 0 saturated carbocycles. The fraction of sp³-hybridized carbons (Fsp3) is 0.167. The summed E-state index contributed by atoms with van der Waals surface area (Å²) in [4.78, 5) is 21.8. The van der Waals surface area contributed by atoms with Gasteiger partial charge in [-0.25, -0.2) is 4.79 Å². The number of carbonyl (C=O) groups is 2. The summed E-state index contributed by atoms with van der Waals surface area (Å²) < 4.78 is 5.23. The Morgan fingerprint density at radius 2 is 2.06 bits per heavy atom. The van der Waals surface area contributed by atoms with Gasteiger partial charge in [0.05, 0.1) is 0 Å². The number of furan rings is 1. The van der Waals surface area contributed by atoms with Crippen LogP contribution in [0.4, 0.5) is 5.69 Å². The number of amides is 1. The predicted octanol–water partition coefficient (Wildman–Crippen LogP) is 2.40. The number of aromatic carboxylic acids is 1. The molecular weight excluding hydrogens is 222 g/mol. The van der Waals surface area contributed by atoms with Crippen LogP contribution in [0.2, 0.25) is 0 Å². The third-order valence-electron chi connectivity index (χ3n) is 2.45. The number of rotatable bonds is 2. The van der Waals surface area contributed by atoms with E-state index in [4.69, 9.17) is 9.52 Å². The van der Waals surface area contributed by atoms with Crippen molar-refractivity contribution in [2.75, 3.05) is 5.32 Å². The molecule has 0 spiro atoms. The molecule has 2 rings (SSSR count). The first kappa shape index (κ1) is 11.2. The van der Waals surface area contributed by atoms with Gasteiger partial charge < -0.3 is 14.8 Å². The minimum absolute atomic E-state index is 0.0695. The molecular formula is C12H11NO4. The average molecular weight is 233 g/mol. The summed E-state index contributed by atoms with van der Waals surface area (Å²) in [6, 6.07) is 5.04. The molecule has 0 aliphatic heterocycles. The average Bonchev–Trinajstić information content (AvgIpc) is 2.55. The van der Waals surface area contributed by atoms with Crippen LogP contribution < -0.4 is 5.32 Å². The fourth-order valence-corrected chi connectivity index (χ4v) is 1.71. The van der Waals surface area contributed by atoms with Crippen molar-refractivity contribution < 1.29 is 19.1 Å². The third-order valence-corrected chi connectivity index (χ3v) is 2.45. The number of fused-ring (bicyclic) bond motifs is 1. The Hall–Kier alpha value is -2.30. The second kappa shape index (κ2) is 3.93. The van der Waals surface area contributed by atoms with E-state index < -0.39 is 5.97 Å². The number of anilines is 1. The highest BCUT2D eigenvalue weighted by molar-refractivity contribution is 5.97. The summed E-state index contributed by atoms with van der Waals surface area (Å²) in [6.07, 6.45) is 0. The zero-order valence-corrected chi connectivity index (χ0v) is 9.40. The summed E-state index contributed by atoms with van der Waals surface area (Å²) >= 11 is 0. The van der Waals surface area contributed by atoms with E-state index in [1.807, 2.05) is 0 Å². The number of benzene rings is 1. The monoisotopic (exact) mass is 233 g/mol. The normalized spacial score (nSPS) is 10.5. The molecule has 1 heterocycles. The van der Waals surface area contributed by atoms with Gasteiger partial charge in [0.1, 0.15) is 5.58 Å². The van der Waals surface area contributed by atoms with E-state index in [-0.39, 0.29) is 11.7 Å². The topological polar surface area (TPSA) is 79.5 Å². The molecule has 1 aromatic heterocycles. The minimum atomic E-state index is -1.10. The van der Waals surface area contributed by atoms with Gasteiger partial charge in [-0.2, -0.15) is 0 Å². The summed E-state index contributed by atoms with van der Waals surface area (Å²) in [6.45, 7) is 3.09. The van der Waals surface area contributed by atoms with Gasteiger partial charge in [0.2, 0.25) is 11.7 Å². The number of carbonyl (C=O) groups excluding carboxylic acids is 1. The molecule has 0 aliphatic rings. The number of carboxylic acid groups (broad SMARTS) is 1. The Morgan fingerprint density at radius 3 is 2.65 bits per heavy atom. The van der Waals surface area contributed by atoms with Crippen LogP contribution in [0.15, 0.2) is 22.6 Å². The number of aryl methyl sites for hydroxylation is 1. The molecule has 2 N–H and O–H groups in total. The largest absolute Gasteiger partial charge is 0.475 e. The number of hydrogen-bond acceptors (Lipinski definition) is 3. The zero-order valence-electron chi connectivity index (χ0n) is 9.40. The van der Waals surface area contributed by atoms with E-state index >= 15 is 0 Å². The van der Waals surface area contributed by atoms with Crippen LogP contribution in [-0.2, 0) is 4.79 Å². The maximum Gasteiger partial charge on any atom is 0.372 e. The first-order chi connectivity index (χ1) is 7.99. The summed E-state index contributed by atoms with van der Waals surface area (Å²) in [5, 5.41) is 12.3. The van der Waals surface area contributed by atoms with Crippen LogP contribution in [0.1, 0.15) is 23.0 Å². The molecule has 0 bridgehead atoms. The smallest absolute Gasteiger partial charge is 0.372 e. The third kappa shape index (κ3) is 1.99. The van der Waals surface area contributed by atoms with Gasteiger partial charge >= 0.3 is 5.97 Å². The van der Waals surface area contributed by atoms with E-state index in [0.717, 1.165) is 5.39 Å². The molecule has 1 aromatic carbocycles. The molecule has 2 aromatic rings. The van der Waals surface area contributed by atoms with E-state index in [1.165, 1.54) is 6.92 Å². The van der Waals surface area contributed by atoms with Gasteiger partial charge in [-0.15, -0.1) is 0 Å². The van der Waals surface area contributed by atoms with Crippen molar-refractivity contribution in [1.82, 2.24) is 0 Å². The highest BCUT2D eigenvalue weighted by atomic mass is 16.4. The molecule has 0 unspecified atom stereocenters. The van der Waals surface area contributed by atoms with Crippen LogP contribution in [0, 0.1) is 6.92 Å². The Balaban J connectivity index is 2.55. The lowest BCUT2D eigenvalue weighted by atomic mass is 10.1. The van der Waals surface area contributed by atoms with Gasteiger partial charge in [-0.05, 0) is 19.1 Å². The molecule has 0 atom stereocenters. The van der Waals surface area contributed by atoms with Crippen LogP contribution in [0.3, 0.4) is 0 Å². The van der Waals surface area contributed by atoms with Crippen molar-refractivity contribution in [3.63, 3.8) is 0 Å². The SMILES string of the molecule is CC(=O)Nc1ccc2c(C)c(C(=O)O)oc2c1.